The molecule has 0 saturated heterocycles. The highest BCUT2D eigenvalue weighted by Gasteiger charge is 2.43. The first-order valence-electron chi connectivity index (χ1n) is 7.66. The summed E-state index contributed by atoms with van der Waals surface area (Å²) in [5.74, 6) is 1.50. The quantitative estimate of drug-likeness (QED) is 0.828. The number of nitrogens with zero attached hydrogens (tertiary/aromatic N) is 3. The highest BCUT2D eigenvalue weighted by Crippen LogP contribution is 2.46. The molecule has 2 rings (SSSR count). The van der Waals surface area contributed by atoms with E-state index in [-0.39, 0.29) is 5.92 Å². The van der Waals surface area contributed by atoms with Crippen LogP contribution >= 0.6 is 0 Å². The molecular weight excluding hydrogens is 266 g/mol. The number of hydrogen-bond acceptors (Lipinski definition) is 5. The van der Waals surface area contributed by atoms with Crippen LogP contribution in [0.5, 0.6) is 0 Å². The fraction of sp³-hybridized carbons (Fsp3) is 0.812. The van der Waals surface area contributed by atoms with Gasteiger partial charge in [-0.2, -0.15) is 10.2 Å². The minimum atomic E-state index is -0.407. The SMILES string of the molecule is COC1(c2noc(CC(C)CC#N)n2)CCC(C)(C)CC1. The molecule has 0 aromatic carbocycles. The average molecular weight is 291 g/mol. The Bertz CT molecular complexity index is 506. The third-order valence-corrected chi connectivity index (χ3v) is 4.64. The van der Waals surface area contributed by atoms with Crippen molar-refractivity contribution in [1.82, 2.24) is 10.1 Å². The van der Waals surface area contributed by atoms with Crippen molar-refractivity contribution in [3.8, 4) is 6.07 Å². The molecule has 0 radical (unpaired) electrons. The molecule has 5 heteroatoms. The maximum atomic E-state index is 8.72. The summed E-state index contributed by atoms with van der Waals surface area (Å²) < 4.78 is 11.1. The number of rotatable bonds is 5. The van der Waals surface area contributed by atoms with Gasteiger partial charge in [-0.3, -0.25) is 0 Å². The van der Waals surface area contributed by atoms with Gasteiger partial charge in [0.1, 0.15) is 5.60 Å². The molecule has 5 nitrogen and oxygen atoms in total. The third kappa shape index (κ3) is 3.62. The molecule has 1 heterocycles. The van der Waals surface area contributed by atoms with Crippen molar-refractivity contribution >= 4 is 0 Å². The van der Waals surface area contributed by atoms with Crippen LogP contribution in [-0.2, 0) is 16.8 Å². The topological polar surface area (TPSA) is 71.9 Å². The Labute approximate surface area is 126 Å². The lowest BCUT2D eigenvalue weighted by Crippen LogP contribution is -2.37. The second kappa shape index (κ2) is 6.15. The molecule has 1 unspecified atom stereocenters. The predicted molar refractivity (Wildman–Crippen MR) is 78.3 cm³/mol. The standard InChI is InChI=1S/C16H25N3O2/c1-12(5-10-17)11-13-18-14(19-21-13)16(20-4)8-6-15(2,3)7-9-16/h12H,5-9,11H2,1-4H3. The largest absolute Gasteiger partial charge is 0.370 e. The zero-order valence-corrected chi connectivity index (χ0v) is 13.5. The van der Waals surface area contributed by atoms with E-state index >= 15 is 0 Å². The van der Waals surface area contributed by atoms with Gasteiger partial charge in [-0.15, -0.1) is 0 Å². The van der Waals surface area contributed by atoms with Gasteiger partial charge in [-0.05, 0) is 37.0 Å². The Morgan fingerprint density at radius 2 is 2.00 bits per heavy atom. The first-order valence-corrected chi connectivity index (χ1v) is 7.66. The molecule has 1 fully saturated rings. The molecular formula is C16H25N3O2. The van der Waals surface area contributed by atoms with Gasteiger partial charge < -0.3 is 9.26 Å². The van der Waals surface area contributed by atoms with E-state index in [0.717, 1.165) is 25.7 Å². The first-order chi connectivity index (χ1) is 9.91. The molecule has 0 aliphatic heterocycles. The summed E-state index contributed by atoms with van der Waals surface area (Å²) in [6.07, 6.45) is 5.17. The molecule has 0 spiro atoms. The smallest absolute Gasteiger partial charge is 0.227 e. The lowest BCUT2D eigenvalue weighted by atomic mass is 9.70. The second-order valence-electron chi connectivity index (χ2n) is 7.05. The molecule has 1 saturated carbocycles. The van der Waals surface area contributed by atoms with E-state index in [0.29, 0.717) is 30.0 Å². The normalized spacial score (nSPS) is 21.7. The maximum Gasteiger partial charge on any atom is 0.227 e. The van der Waals surface area contributed by atoms with E-state index in [2.05, 4.69) is 30.1 Å². The van der Waals surface area contributed by atoms with E-state index < -0.39 is 5.60 Å². The molecule has 1 aromatic heterocycles. The zero-order chi connectivity index (χ0) is 15.5. The molecule has 0 N–H and O–H groups in total. The summed E-state index contributed by atoms with van der Waals surface area (Å²) in [7, 11) is 1.73. The van der Waals surface area contributed by atoms with E-state index in [1.165, 1.54) is 0 Å². The van der Waals surface area contributed by atoms with Crippen LogP contribution in [-0.4, -0.2) is 17.3 Å². The van der Waals surface area contributed by atoms with Gasteiger partial charge in [0.25, 0.3) is 0 Å². The fourth-order valence-electron chi connectivity index (χ4n) is 2.90. The first kappa shape index (κ1) is 16.0. The summed E-state index contributed by atoms with van der Waals surface area (Å²) in [5.41, 5.74) is -0.0500. The number of methoxy groups -OCH3 is 1. The number of ether oxygens (including phenoxy) is 1. The van der Waals surface area contributed by atoms with E-state index in [1.54, 1.807) is 7.11 Å². The minimum Gasteiger partial charge on any atom is -0.370 e. The van der Waals surface area contributed by atoms with Crippen LogP contribution in [0.15, 0.2) is 4.52 Å². The highest BCUT2D eigenvalue weighted by molar-refractivity contribution is 5.05. The van der Waals surface area contributed by atoms with Gasteiger partial charge in [0.15, 0.2) is 0 Å². The maximum absolute atomic E-state index is 8.72. The number of hydrogen-bond donors (Lipinski definition) is 0. The van der Waals surface area contributed by atoms with Gasteiger partial charge in [-0.1, -0.05) is 25.9 Å². The molecule has 0 bridgehead atoms. The van der Waals surface area contributed by atoms with E-state index in [4.69, 9.17) is 14.5 Å². The van der Waals surface area contributed by atoms with Crippen LogP contribution in [0.25, 0.3) is 0 Å². The minimum absolute atomic E-state index is 0.229. The van der Waals surface area contributed by atoms with E-state index in [9.17, 15) is 0 Å². The van der Waals surface area contributed by atoms with Crippen molar-refractivity contribution in [2.45, 2.75) is 64.9 Å². The van der Waals surface area contributed by atoms with E-state index in [1.807, 2.05) is 6.92 Å². The molecule has 1 aliphatic rings. The zero-order valence-electron chi connectivity index (χ0n) is 13.5. The summed E-state index contributed by atoms with van der Waals surface area (Å²) in [4.78, 5) is 4.53. The van der Waals surface area contributed by atoms with Crippen molar-refractivity contribution < 1.29 is 9.26 Å². The molecule has 1 aromatic rings. The van der Waals surface area contributed by atoms with Crippen molar-refractivity contribution in [2.75, 3.05) is 7.11 Å². The van der Waals surface area contributed by atoms with Gasteiger partial charge >= 0.3 is 0 Å². The molecule has 21 heavy (non-hydrogen) atoms. The fourth-order valence-corrected chi connectivity index (χ4v) is 2.90. The van der Waals surface area contributed by atoms with Crippen molar-refractivity contribution in [3.05, 3.63) is 11.7 Å². The van der Waals surface area contributed by atoms with Gasteiger partial charge in [-0.25, -0.2) is 0 Å². The van der Waals surface area contributed by atoms with Crippen LogP contribution in [0.4, 0.5) is 0 Å². The number of aromatic nitrogens is 2. The Hall–Kier alpha value is -1.41. The van der Waals surface area contributed by atoms with Crippen LogP contribution < -0.4 is 0 Å². The van der Waals surface area contributed by atoms with Gasteiger partial charge in [0.05, 0.1) is 6.07 Å². The molecule has 116 valence electrons. The second-order valence-corrected chi connectivity index (χ2v) is 7.05. The van der Waals surface area contributed by atoms with Crippen LogP contribution in [0.1, 0.15) is 64.6 Å². The molecule has 1 atom stereocenters. The van der Waals surface area contributed by atoms with Gasteiger partial charge in [0, 0.05) is 20.0 Å². The lowest BCUT2D eigenvalue weighted by molar-refractivity contribution is -0.0740. The Balaban J connectivity index is 2.10. The molecule has 0 amide bonds. The van der Waals surface area contributed by atoms with Crippen molar-refractivity contribution in [1.29, 1.82) is 5.26 Å². The monoisotopic (exact) mass is 291 g/mol. The van der Waals surface area contributed by atoms with Crippen LogP contribution in [0.2, 0.25) is 0 Å². The van der Waals surface area contributed by atoms with Crippen molar-refractivity contribution in [3.63, 3.8) is 0 Å². The Morgan fingerprint density at radius 3 is 2.57 bits per heavy atom. The lowest BCUT2D eigenvalue weighted by Gasteiger charge is -2.40. The number of nitriles is 1. The summed E-state index contributed by atoms with van der Waals surface area (Å²) in [6, 6.07) is 2.17. The summed E-state index contributed by atoms with van der Waals surface area (Å²) in [5, 5.41) is 12.9. The molecule has 1 aliphatic carbocycles. The Kier molecular flexibility index (Phi) is 4.67. The predicted octanol–water partition coefficient (Wildman–Crippen LogP) is 3.60. The summed E-state index contributed by atoms with van der Waals surface area (Å²) >= 11 is 0. The van der Waals surface area contributed by atoms with Gasteiger partial charge in [0.2, 0.25) is 11.7 Å². The third-order valence-electron chi connectivity index (χ3n) is 4.64. The average Bonchev–Trinajstić information content (AvgIpc) is 2.89. The van der Waals surface area contributed by atoms with Crippen LogP contribution in [0.3, 0.4) is 0 Å². The Morgan fingerprint density at radius 1 is 1.33 bits per heavy atom. The highest BCUT2D eigenvalue weighted by atomic mass is 16.5. The van der Waals surface area contributed by atoms with Crippen molar-refractivity contribution in [2.24, 2.45) is 11.3 Å². The summed E-state index contributed by atoms with van der Waals surface area (Å²) in [6.45, 7) is 6.60. The van der Waals surface area contributed by atoms with Crippen LogP contribution in [0, 0.1) is 22.7 Å².